The van der Waals surface area contributed by atoms with Crippen LogP contribution in [0.15, 0.2) is 41.5 Å². The molecule has 1 saturated carbocycles. The van der Waals surface area contributed by atoms with Crippen LogP contribution in [0, 0.1) is 23.1 Å². The Bertz CT molecular complexity index is 1180. The van der Waals surface area contributed by atoms with Gasteiger partial charge in [0, 0.05) is 17.7 Å². The van der Waals surface area contributed by atoms with Gasteiger partial charge < -0.3 is 10.5 Å². The molecule has 1 aliphatic carbocycles. The minimum absolute atomic E-state index is 0.0549. The molecule has 2 aliphatic rings. The maximum Gasteiger partial charge on any atom is 0.322 e. The highest BCUT2D eigenvalue weighted by molar-refractivity contribution is 8.15. The smallest absolute Gasteiger partial charge is 0.322 e. The van der Waals surface area contributed by atoms with Gasteiger partial charge in [0.25, 0.3) is 0 Å². The lowest BCUT2D eigenvalue weighted by Gasteiger charge is -2.33. The Balaban J connectivity index is 1.72. The first-order valence-electron chi connectivity index (χ1n) is 9.40. The van der Waals surface area contributed by atoms with E-state index in [0.29, 0.717) is 17.5 Å². The number of pyridine rings is 1. The summed E-state index contributed by atoms with van der Waals surface area (Å²) < 4.78 is 33.6. The minimum atomic E-state index is -1.10. The van der Waals surface area contributed by atoms with Crippen molar-refractivity contribution in [1.82, 2.24) is 4.98 Å². The lowest BCUT2D eigenvalue weighted by Crippen LogP contribution is -2.39. The Labute approximate surface area is 181 Å². The van der Waals surface area contributed by atoms with E-state index in [4.69, 9.17) is 15.7 Å². The van der Waals surface area contributed by atoms with Crippen molar-refractivity contribution < 1.29 is 18.3 Å². The fourth-order valence-corrected chi connectivity index (χ4v) is 5.45. The predicted molar refractivity (Wildman–Crippen MR) is 114 cm³/mol. The van der Waals surface area contributed by atoms with Crippen molar-refractivity contribution >= 4 is 34.8 Å². The quantitative estimate of drug-likeness (QED) is 0.727. The van der Waals surface area contributed by atoms with Gasteiger partial charge in [0.1, 0.15) is 22.5 Å². The molecular formula is C22H18F2N4O2S. The number of aliphatic imine (C=N–C) groups is 1. The minimum Gasteiger partial charge on any atom is -0.468 e. The van der Waals surface area contributed by atoms with Gasteiger partial charge in [0.05, 0.1) is 23.9 Å². The summed E-state index contributed by atoms with van der Waals surface area (Å²) >= 11 is 1.14. The fourth-order valence-electron chi connectivity index (χ4n) is 4.06. The highest BCUT2D eigenvalue weighted by Gasteiger charge is 2.71. The van der Waals surface area contributed by atoms with E-state index in [-0.39, 0.29) is 22.3 Å². The van der Waals surface area contributed by atoms with Gasteiger partial charge in [-0.25, -0.2) is 8.78 Å². The molecule has 4 rings (SSSR count). The third kappa shape index (κ3) is 3.47. The summed E-state index contributed by atoms with van der Waals surface area (Å²) in [5, 5.41) is 9.01. The van der Waals surface area contributed by atoms with Crippen LogP contribution in [0.4, 0.5) is 8.78 Å². The maximum absolute atomic E-state index is 14.9. The number of rotatable bonds is 4. The van der Waals surface area contributed by atoms with Gasteiger partial charge >= 0.3 is 5.97 Å². The highest BCUT2D eigenvalue weighted by atomic mass is 32.2. The van der Waals surface area contributed by atoms with E-state index in [1.165, 1.54) is 49.7 Å². The largest absolute Gasteiger partial charge is 0.468 e. The number of hydrogen-bond acceptors (Lipinski definition) is 7. The van der Waals surface area contributed by atoms with E-state index in [2.05, 4.69) is 9.98 Å². The van der Waals surface area contributed by atoms with E-state index in [1.54, 1.807) is 6.92 Å². The van der Waals surface area contributed by atoms with Crippen molar-refractivity contribution in [1.29, 1.82) is 5.26 Å². The lowest BCUT2D eigenvalue weighted by atomic mass is 9.84. The van der Waals surface area contributed by atoms with Crippen molar-refractivity contribution in [2.75, 3.05) is 7.11 Å². The number of ether oxygens (including phenoxy) is 1. The number of hydrogen-bond donors (Lipinski definition) is 1. The molecule has 1 aliphatic heterocycles. The maximum atomic E-state index is 14.9. The molecule has 6 nitrogen and oxygen atoms in total. The van der Waals surface area contributed by atoms with Gasteiger partial charge in [-0.15, -0.1) is 0 Å². The van der Waals surface area contributed by atoms with Crippen molar-refractivity contribution in [3.63, 3.8) is 0 Å². The van der Waals surface area contributed by atoms with Crippen LogP contribution in [0.25, 0.3) is 11.9 Å². The molecule has 9 heteroatoms. The summed E-state index contributed by atoms with van der Waals surface area (Å²) in [6, 6.07) is 8.96. The number of nitrogens with two attached hydrogens (primary N) is 1. The predicted octanol–water partition coefficient (Wildman–Crippen LogP) is 3.77. The number of fused-ring (bicyclic) bond motifs is 1. The molecule has 2 N–H and O–H groups in total. The van der Waals surface area contributed by atoms with E-state index < -0.39 is 27.9 Å². The summed E-state index contributed by atoms with van der Waals surface area (Å²) in [5.41, 5.74) is 5.89. The summed E-state index contributed by atoms with van der Waals surface area (Å²) in [6.07, 6.45) is 2.95. The summed E-state index contributed by atoms with van der Waals surface area (Å²) in [7, 11) is 1.30. The number of carbonyl (C=O) groups is 1. The van der Waals surface area contributed by atoms with E-state index >= 15 is 0 Å². The number of nitrogens with zero attached hydrogens (tertiary/aromatic N) is 3. The molecule has 31 heavy (non-hydrogen) atoms. The standard InChI is InChI=1S/C22H18F2N4O2S/c1-21(18-9-22(18,19(29)30-2)31-20(26)28-21)14-7-12(3-5-15(14)23)8-16(24)17-6-4-13(10-25)11-27-17/h3-8,11,18H,9H2,1-2H3,(H2,26,28)/b16-8-/t18-,21+,22-/m0/s1. The number of amidine groups is 1. The van der Waals surface area contributed by atoms with E-state index in [1.807, 2.05) is 6.07 Å². The van der Waals surface area contributed by atoms with Crippen LogP contribution in [0.5, 0.6) is 0 Å². The van der Waals surface area contributed by atoms with Crippen LogP contribution in [0.1, 0.15) is 35.7 Å². The van der Waals surface area contributed by atoms with Crippen LogP contribution in [0.3, 0.4) is 0 Å². The molecule has 0 amide bonds. The van der Waals surface area contributed by atoms with Crippen molar-refractivity contribution in [3.8, 4) is 6.07 Å². The van der Waals surface area contributed by atoms with Crippen molar-refractivity contribution in [3.05, 3.63) is 64.7 Å². The zero-order chi connectivity index (χ0) is 22.4. The van der Waals surface area contributed by atoms with Gasteiger partial charge in [-0.3, -0.25) is 14.8 Å². The second kappa shape index (κ2) is 7.46. The van der Waals surface area contributed by atoms with Gasteiger partial charge in [-0.1, -0.05) is 17.8 Å². The zero-order valence-electron chi connectivity index (χ0n) is 16.7. The van der Waals surface area contributed by atoms with E-state index in [9.17, 15) is 13.6 Å². The molecule has 1 fully saturated rings. The third-order valence-electron chi connectivity index (χ3n) is 5.72. The van der Waals surface area contributed by atoms with Crippen molar-refractivity contribution in [2.45, 2.75) is 23.6 Å². The molecule has 1 aromatic heterocycles. The van der Waals surface area contributed by atoms with Crippen molar-refractivity contribution in [2.24, 2.45) is 16.6 Å². The second-order valence-corrected chi connectivity index (χ2v) is 8.96. The summed E-state index contributed by atoms with van der Waals surface area (Å²) in [4.78, 5) is 20.8. The number of carbonyl (C=O) groups excluding carboxylic acids is 1. The molecule has 158 valence electrons. The molecule has 0 unspecified atom stereocenters. The molecule has 2 aromatic rings. The SMILES string of the molecule is COC(=O)[C@]12C[C@H]1[C@@](C)(c1cc(/C=C(\F)c3ccc(C#N)cn3)ccc1F)N=C(N)S2. The van der Waals surface area contributed by atoms with Gasteiger partial charge in [0.15, 0.2) is 5.17 Å². The average Bonchev–Trinajstić information content (AvgIpc) is 3.51. The van der Waals surface area contributed by atoms with Crippen LogP contribution >= 0.6 is 11.8 Å². The molecule has 0 saturated heterocycles. The molecule has 0 spiro atoms. The number of nitriles is 1. The third-order valence-corrected chi connectivity index (χ3v) is 7.00. The monoisotopic (exact) mass is 440 g/mol. The number of benzene rings is 1. The highest BCUT2D eigenvalue weighted by Crippen LogP contribution is 2.66. The molecular weight excluding hydrogens is 422 g/mol. The van der Waals surface area contributed by atoms with Gasteiger partial charge in [0.2, 0.25) is 0 Å². The van der Waals surface area contributed by atoms with Crippen LogP contribution in [-0.4, -0.2) is 28.0 Å². The summed E-state index contributed by atoms with van der Waals surface area (Å²) in [6.45, 7) is 1.72. The number of aromatic nitrogens is 1. The molecule has 1 aromatic carbocycles. The molecule has 3 atom stereocenters. The van der Waals surface area contributed by atoms with Gasteiger partial charge in [-0.05, 0) is 49.2 Å². The normalized spacial score (nSPS) is 27.0. The first kappa shape index (κ1) is 21.0. The zero-order valence-corrected chi connectivity index (χ0v) is 17.5. The molecule has 0 radical (unpaired) electrons. The molecule has 0 bridgehead atoms. The Morgan fingerprint density at radius 3 is 2.84 bits per heavy atom. The average molecular weight is 440 g/mol. The summed E-state index contributed by atoms with van der Waals surface area (Å²) in [5.74, 6) is -1.88. The van der Waals surface area contributed by atoms with Gasteiger partial charge in [-0.2, -0.15) is 5.26 Å². The Morgan fingerprint density at radius 1 is 1.42 bits per heavy atom. The Morgan fingerprint density at radius 2 is 2.19 bits per heavy atom. The Kier molecular flexibility index (Phi) is 5.06. The first-order chi connectivity index (χ1) is 14.7. The first-order valence-corrected chi connectivity index (χ1v) is 10.2. The molecule has 2 heterocycles. The van der Waals surface area contributed by atoms with Crippen LogP contribution in [0.2, 0.25) is 0 Å². The van der Waals surface area contributed by atoms with Crippen LogP contribution in [-0.2, 0) is 15.1 Å². The lowest BCUT2D eigenvalue weighted by molar-refractivity contribution is -0.141. The number of thioether (sulfide) groups is 1. The fraction of sp³-hybridized carbons (Fsp3) is 0.273. The van der Waals surface area contributed by atoms with Crippen LogP contribution < -0.4 is 5.73 Å². The number of esters is 1. The Hall–Kier alpha value is -3.25. The topological polar surface area (TPSA) is 101 Å². The number of methoxy groups -OCH3 is 1. The van der Waals surface area contributed by atoms with E-state index in [0.717, 1.165) is 11.8 Å². The number of halogens is 2. The second-order valence-electron chi connectivity index (χ2n) is 7.61.